The molecule has 1 saturated heterocycles. The van der Waals surface area contributed by atoms with Crippen LogP contribution < -0.4 is 0 Å². The minimum absolute atomic E-state index is 0.0328. The Labute approximate surface area is 145 Å². The lowest BCUT2D eigenvalue weighted by Gasteiger charge is -2.34. The molecule has 1 fully saturated rings. The van der Waals surface area contributed by atoms with E-state index in [2.05, 4.69) is 37.0 Å². The van der Waals surface area contributed by atoms with Crippen molar-refractivity contribution >= 4 is 0 Å². The second-order valence-corrected chi connectivity index (χ2v) is 7.93. The largest absolute Gasteiger partial charge is 0.388 e. The third-order valence-corrected chi connectivity index (χ3v) is 4.95. The number of nitrogens with zero attached hydrogens (tertiary/aromatic N) is 3. The molecule has 24 heavy (non-hydrogen) atoms. The van der Waals surface area contributed by atoms with Crippen LogP contribution in [0.5, 0.6) is 0 Å². The Kier molecular flexibility index (Phi) is 5.07. The molecule has 3 rings (SSSR count). The summed E-state index contributed by atoms with van der Waals surface area (Å²) in [5, 5.41) is 15.1. The van der Waals surface area contributed by atoms with Crippen molar-refractivity contribution in [3.05, 3.63) is 53.9 Å². The monoisotopic (exact) mass is 327 g/mol. The Morgan fingerprint density at radius 1 is 1.17 bits per heavy atom. The van der Waals surface area contributed by atoms with Crippen LogP contribution in [0, 0.1) is 5.92 Å². The van der Waals surface area contributed by atoms with Crippen molar-refractivity contribution in [1.29, 1.82) is 0 Å². The third-order valence-electron chi connectivity index (χ3n) is 4.95. The van der Waals surface area contributed by atoms with Crippen molar-refractivity contribution in [2.45, 2.75) is 51.8 Å². The first-order chi connectivity index (χ1) is 11.4. The van der Waals surface area contributed by atoms with E-state index in [1.165, 1.54) is 5.56 Å². The van der Waals surface area contributed by atoms with E-state index in [4.69, 9.17) is 0 Å². The minimum atomic E-state index is -0.336. The predicted octanol–water partition coefficient (Wildman–Crippen LogP) is 3.58. The molecule has 0 saturated carbocycles. The molecule has 0 bridgehead atoms. The summed E-state index contributed by atoms with van der Waals surface area (Å²) in [6, 6.07) is 10.0. The zero-order valence-electron chi connectivity index (χ0n) is 15.0. The van der Waals surface area contributed by atoms with Gasteiger partial charge in [0.1, 0.15) is 0 Å². The molecular formula is C20H29N3O. The van der Waals surface area contributed by atoms with Crippen LogP contribution in [0.25, 0.3) is 0 Å². The molecule has 2 aromatic rings. The molecule has 1 aliphatic heterocycles. The van der Waals surface area contributed by atoms with Gasteiger partial charge in [0.15, 0.2) is 0 Å². The molecule has 4 heteroatoms. The van der Waals surface area contributed by atoms with Crippen LogP contribution in [0.1, 0.15) is 50.8 Å². The number of benzene rings is 1. The first-order valence-corrected chi connectivity index (χ1v) is 8.93. The van der Waals surface area contributed by atoms with Gasteiger partial charge in [-0.15, -0.1) is 0 Å². The molecule has 0 aliphatic carbocycles. The Morgan fingerprint density at radius 2 is 1.83 bits per heavy atom. The van der Waals surface area contributed by atoms with Crippen LogP contribution in [0.4, 0.5) is 0 Å². The number of rotatable bonds is 4. The van der Waals surface area contributed by atoms with Gasteiger partial charge in [0, 0.05) is 18.3 Å². The highest BCUT2D eigenvalue weighted by Crippen LogP contribution is 2.31. The molecule has 0 amide bonds. The number of aromatic nitrogens is 2. The summed E-state index contributed by atoms with van der Waals surface area (Å²) in [5.41, 5.74) is 2.35. The van der Waals surface area contributed by atoms with Gasteiger partial charge < -0.3 is 5.11 Å². The maximum absolute atomic E-state index is 10.6. The minimum Gasteiger partial charge on any atom is -0.388 e. The van der Waals surface area contributed by atoms with Crippen molar-refractivity contribution in [2.24, 2.45) is 5.92 Å². The fraction of sp³-hybridized carbons (Fsp3) is 0.550. The molecule has 1 unspecified atom stereocenters. The summed E-state index contributed by atoms with van der Waals surface area (Å²) in [6.45, 7) is 9.52. The zero-order valence-corrected chi connectivity index (χ0v) is 15.0. The van der Waals surface area contributed by atoms with Crippen LogP contribution >= 0.6 is 0 Å². The lowest BCUT2D eigenvalue weighted by molar-refractivity contribution is 0.0567. The van der Waals surface area contributed by atoms with E-state index in [-0.39, 0.29) is 11.6 Å². The van der Waals surface area contributed by atoms with Gasteiger partial charge in [-0.2, -0.15) is 5.10 Å². The molecule has 1 aliphatic rings. The number of hydrogen-bond acceptors (Lipinski definition) is 3. The molecule has 4 nitrogen and oxygen atoms in total. The first kappa shape index (κ1) is 17.2. The molecule has 1 aromatic heterocycles. The van der Waals surface area contributed by atoms with Gasteiger partial charge in [-0.25, -0.2) is 0 Å². The molecule has 2 heterocycles. The van der Waals surface area contributed by atoms with Crippen LogP contribution in [-0.4, -0.2) is 32.9 Å². The van der Waals surface area contributed by atoms with Gasteiger partial charge in [-0.3, -0.25) is 9.58 Å². The van der Waals surface area contributed by atoms with Crippen molar-refractivity contribution in [3.63, 3.8) is 0 Å². The summed E-state index contributed by atoms with van der Waals surface area (Å²) in [6.07, 6.45) is 5.89. The topological polar surface area (TPSA) is 41.3 Å². The molecule has 1 aromatic carbocycles. The highest BCUT2D eigenvalue weighted by atomic mass is 16.3. The average Bonchev–Trinajstić information content (AvgIpc) is 3.05. The summed E-state index contributed by atoms with van der Waals surface area (Å²) in [4.78, 5) is 2.47. The summed E-state index contributed by atoms with van der Waals surface area (Å²) in [7, 11) is 0. The van der Waals surface area contributed by atoms with Crippen LogP contribution in [0.3, 0.4) is 0 Å². The highest BCUT2D eigenvalue weighted by molar-refractivity contribution is 5.18. The fourth-order valence-corrected chi connectivity index (χ4v) is 3.42. The van der Waals surface area contributed by atoms with Gasteiger partial charge in [0.25, 0.3) is 0 Å². The molecule has 0 spiro atoms. The van der Waals surface area contributed by atoms with Crippen LogP contribution in [0.2, 0.25) is 0 Å². The van der Waals surface area contributed by atoms with Crippen LogP contribution in [0.15, 0.2) is 42.7 Å². The van der Waals surface area contributed by atoms with Crippen molar-refractivity contribution < 1.29 is 5.11 Å². The lowest BCUT2D eigenvalue weighted by Crippen LogP contribution is -2.35. The summed E-state index contributed by atoms with van der Waals surface area (Å²) < 4.78 is 2.04. The fourth-order valence-electron chi connectivity index (χ4n) is 3.42. The molecular weight excluding hydrogens is 298 g/mol. The Hall–Kier alpha value is -1.65. The maximum Gasteiger partial charge on any atom is 0.0819 e. The van der Waals surface area contributed by atoms with Crippen molar-refractivity contribution in [3.8, 4) is 0 Å². The molecule has 1 N–H and O–H groups in total. The van der Waals surface area contributed by atoms with Crippen molar-refractivity contribution in [2.75, 3.05) is 13.1 Å². The van der Waals surface area contributed by atoms with E-state index in [0.717, 1.165) is 38.0 Å². The normalized spacial score (nSPS) is 18.7. The van der Waals surface area contributed by atoms with Crippen molar-refractivity contribution in [1.82, 2.24) is 14.7 Å². The molecule has 1 atom stereocenters. The van der Waals surface area contributed by atoms with Gasteiger partial charge >= 0.3 is 0 Å². The Balaban J connectivity index is 1.53. The summed E-state index contributed by atoms with van der Waals surface area (Å²) in [5.74, 6) is 0.362. The maximum atomic E-state index is 10.6. The van der Waals surface area contributed by atoms with Gasteiger partial charge in [0.2, 0.25) is 0 Å². The van der Waals surface area contributed by atoms with E-state index in [1.54, 1.807) is 0 Å². The second kappa shape index (κ2) is 7.08. The number of aliphatic hydroxyl groups excluding tert-OH is 1. The van der Waals surface area contributed by atoms with E-state index < -0.39 is 0 Å². The van der Waals surface area contributed by atoms with Gasteiger partial charge in [0.05, 0.1) is 17.8 Å². The SMILES string of the molecule is CC(C)(C)n1cc(CN2CCC(C(O)c3ccccc3)CC2)cn1. The number of likely N-dealkylation sites (tertiary alicyclic amines) is 1. The van der Waals surface area contributed by atoms with E-state index in [0.29, 0.717) is 5.92 Å². The standard InChI is InChI=1S/C20H29N3O/c1-20(2,3)23-15-16(13-21-23)14-22-11-9-18(10-12-22)19(24)17-7-5-4-6-8-17/h4-8,13,15,18-19,24H,9-12,14H2,1-3H3. The quantitative estimate of drug-likeness (QED) is 0.933. The van der Waals surface area contributed by atoms with Gasteiger partial charge in [-0.05, 0) is 58.2 Å². The predicted molar refractivity (Wildman–Crippen MR) is 96.6 cm³/mol. The first-order valence-electron chi connectivity index (χ1n) is 8.93. The number of aliphatic hydroxyl groups is 1. The van der Waals surface area contributed by atoms with E-state index >= 15 is 0 Å². The molecule has 130 valence electrons. The third kappa shape index (κ3) is 4.05. The average molecular weight is 327 g/mol. The van der Waals surface area contributed by atoms with Crippen LogP contribution in [-0.2, 0) is 12.1 Å². The van der Waals surface area contributed by atoms with E-state index in [9.17, 15) is 5.11 Å². The second-order valence-electron chi connectivity index (χ2n) is 7.93. The van der Waals surface area contributed by atoms with E-state index in [1.807, 2.05) is 41.2 Å². The van der Waals surface area contributed by atoms with Gasteiger partial charge in [-0.1, -0.05) is 30.3 Å². The summed E-state index contributed by atoms with van der Waals surface area (Å²) >= 11 is 0. The Bertz CT molecular complexity index is 636. The number of piperidine rings is 1. The Morgan fingerprint density at radius 3 is 2.42 bits per heavy atom. The highest BCUT2D eigenvalue weighted by Gasteiger charge is 2.26. The lowest BCUT2D eigenvalue weighted by atomic mass is 9.87. The number of hydrogen-bond donors (Lipinski definition) is 1. The zero-order chi connectivity index (χ0) is 17.2. The molecule has 0 radical (unpaired) electrons. The smallest absolute Gasteiger partial charge is 0.0819 e.